The zero-order chi connectivity index (χ0) is 35.2. The largest absolute Gasteiger partial charge is 0.497 e. The van der Waals surface area contributed by atoms with Gasteiger partial charge in [0.1, 0.15) is 29.0 Å². The highest BCUT2D eigenvalue weighted by Crippen LogP contribution is 2.47. The summed E-state index contributed by atoms with van der Waals surface area (Å²) in [5, 5.41) is 4.00. The molecule has 1 aliphatic carbocycles. The van der Waals surface area contributed by atoms with Crippen molar-refractivity contribution < 1.29 is 54.4 Å². The number of benzene rings is 1. The van der Waals surface area contributed by atoms with Crippen LogP contribution < -0.4 is 19.5 Å². The fraction of sp³-hybridized carbons (Fsp3) is 0.600. The van der Waals surface area contributed by atoms with Crippen LogP contribution in [0, 0.1) is 5.92 Å². The summed E-state index contributed by atoms with van der Waals surface area (Å²) in [5.74, 6) is -1.75. The average molecular weight is 689 g/mol. The van der Waals surface area contributed by atoms with E-state index in [4.69, 9.17) is 14.2 Å². The SMILES string of the molecule is CC[C@@H]1C[C@]1(NC(=O)[C@@H]1C[C@@H](Oc2nccc3cc(OC)ccc23)CN1C(=O)OC(C)(C)C)C(=O)NS(=O)(=O)OC(C)(C)C(F)(F)F. The Labute approximate surface area is 270 Å². The minimum Gasteiger partial charge on any atom is -0.497 e. The lowest BCUT2D eigenvalue weighted by atomic mass is 10.1. The Morgan fingerprint density at radius 2 is 1.79 bits per heavy atom. The van der Waals surface area contributed by atoms with Gasteiger partial charge in [0, 0.05) is 18.0 Å². The normalized spacial score (nSPS) is 23.3. The predicted molar refractivity (Wildman–Crippen MR) is 162 cm³/mol. The molecule has 2 fully saturated rings. The summed E-state index contributed by atoms with van der Waals surface area (Å²) in [6.07, 6.45) is -4.82. The lowest BCUT2D eigenvalue weighted by molar-refractivity contribution is -0.233. The minimum absolute atomic E-state index is 0.00172. The lowest BCUT2D eigenvalue weighted by Gasteiger charge is -2.29. The van der Waals surface area contributed by atoms with Crippen LogP contribution in [0.4, 0.5) is 18.0 Å². The van der Waals surface area contributed by atoms with Gasteiger partial charge in [-0.15, -0.1) is 0 Å². The van der Waals surface area contributed by atoms with Crippen molar-refractivity contribution in [1.29, 1.82) is 0 Å². The monoisotopic (exact) mass is 688 g/mol. The number of ether oxygens (including phenoxy) is 3. The molecule has 1 saturated carbocycles. The molecule has 2 aliphatic rings. The Kier molecular flexibility index (Phi) is 9.67. The quantitative estimate of drug-likeness (QED) is 0.373. The summed E-state index contributed by atoms with van der Waals surface area (Å²) < 4.78 is 87.5. The number of nitrogens with one attached hydrogen (secondary N) is 2. The van der Waals surface area contributed by atoms with Crippen molar-refractivity contribution in [2.24, 2.45) is 5.92 Å². The van der Waals surface area contributed by atoms with Gasteiger partial charge in [-0.3, -0.25) is 14.5 Å². The third-order valence-electron chi connectivity index (χ3n) is 7.97. The average Bonchev–Trinajstić information content (AvgIpc) is 3.49. The first-order chi connectivity index (χ1) is 21.6. The van der Waals surface area contributed by atoms with Gasteiger partial charge in [-0.2, -0.15) is 21.6 Å². The second-order valence-corrected chi connectivity index (χ2v) is 14.4. The van der Waals surface area contributed by atoms with E-state index in [1.165, 1.54) is 18.0 Å². The number of carbonyl (C=O) groups is 3. The van der Waals surface area contributed by atoms with E-state index in [1.807, 2.05) is 0 Å². The lowest BCUT2D eigenvalue weighted by Crippen LogP contribution is -2.57. The highest BCUT2D eigenvalue weighted by molar-refractivity contribution is 7.85. The number of carbonyl (C=O) groups excluding carboxylic acids is 3. The standard InChI is InChI=1S/C30H39F3N4O9S/c1-8-18-15-29(18,25(39)36-47(41,42)46-28(5,6)30(31,32)33)35-23(38)22-14-20(16-37(22)26(40)45-27(2,3)4)44-24-21-10-9-19(43-7)13-17(21)11-12-34-24/h9-13,18,20,22H,8,14-16H2,1-7H3,(H,35,38)(H,36,39)/t18-,20-,22+,29-/m1/s1. The van der Waals surface area contributed by atoms with Crippen molar-refractivity contribution in [3.8, 4) is 11.6 Å². The molecule has 1 aromatic carbocycles. The van der Waals surface area contributed by atoms with Crippen LogP contribution in [0.3, 0.4) is 0 Å². The molecule has 2 aromatic rings. The van der Waals surface area contributed by atoms with E-state index in [9.17, 15) is 36.0 Å². The van der Waals surface area contributed by atoms with Gasteiger partial charge in [0.2, 0.25) is 11.8 Å². The van der Waals surface area contributed by atoms with Crippen molar-refractivity contribution in [3.63, 3.8) is 0 Å². The molecule has 4 atom stereocenters. The van der Waals surface area contributed by atoms with Crippen LogP contribution in [0.2, 0.25) is 0 Å². The molecule has 47 heavy (non-hydrogen) atoms. The fourth-order valence-corrected chi connectivity index (χ4v) is 6.42. The van der Waals surface area contributed by atoms with Crippen molar-refractivity contribution in [2.75, 3.05) is 13.7 Å². The van der Waals surface area contributed by atoms with Gasteiger partial charge in [0.05, 0.1) is 13.7 Å². The molecule has 0 radical (unpaired) electrons. The van der Waals surface area contributed by atoms with Gasteiger partial charge in [-0.1, -0.05) is 13.3 Å². The molecule has 0 bridgehead atoms. The summed E-state index contributed by atoms with van der Waals surface area (Å²) in [7, 11) is -3.72. The van der Waals surface area contributed by atoms with Gasteiger partial charge in [-0.25, -0.2) is 18.7 Å². The van der Waals surface area contributed by atoms with E-state index in [1.54, 1.807) is 52.0 Å². The molecule has 4 rings (SSSR count). The maximum Gasteiger partial charge on any atom is 0.418 e. The molecular weight excluding hydrogens is 649 g/mol. The Bertz CT molecular complexity index is 1650. The van der Waals surface area contributed by atoms with Gasteiger partial charge in [0.15, 0.2) is 5.60 Å². The van der Waals surface area contributed by atoms with Crippen LogP contribution >= 0.6 is 0 Å². The molecule has 260 valence electrons. The Balaban J connectivity index is 1.56. The summed E-state index contributed by atoms with van der Waals surface area (Å²) in [4.78, 5) is 45.8. The number of hydrogen-bond donors (Lipinski definition) is 2. The van der Waals surface area contributed by atoms with Gasteiger partial charge < -0.3 is 19.5 Å². The topological polar surface area (TPSA) is 162 Å². The van der Waals surface area contributed by atoms with Crippen LogP contribution in [-0.2, 0) is 28.8 Å². The number of methoxy groups -OCH3 is 1. The Morgan fingerprint density at radius 3 is 2.36 bits per heavy atom. The molecule has 0 unspecified atom stereocenters. The number of likely N-dealkylation sites (tertiary alicyclic amines) is 1. The van der Waals surface area contributed by atoms with E-state index < -0.39 is 69.2 Å². The number of amides is 3. The molecule has 1 aliphatic heterocycles. The number of pyridine rings is 1. The van der Waals surface area contributed by atoms with Crippen molar-refractivity contribution >= 4 is 39.0 Å². The molecule has 1 aromatic heterocycles. The maximum absolute atomic E-state index is 13.8. The number of fused-ring (bicyclic) bond motifs is 1. The molecule has 2 N–H and O–H groups in total. The Hall–Kier alpha value is -3.86. The van der Waals surface area contributed by atoms with Gasteiger partial charge >= 0.3 is 22.6 Å². The molecule has 2 heterocycles. The number of aromatic nitrogens is 1. The maximum atomic E-state index is 13.8. The first-order valence-corrected chi connectivity index (χ1v) is 16.3. The fourth-order valence-electron chi connectivity index (χ4n) is 5.32. The second-order valence-electron chi connectivity index (χ2n) is 13.1. The zero-order valence-electron chi connectivity index (χ0n) is 27.1. The summed E-state index contributed by atoms with van der Waals surface area (Å²) in [6.45, 7) is 7.54. The van der Waals surface area contributed by atoms with E-state index in [-0.39, 0.29) is 25.3 Å². The number of hydrogen-bond acceptors (Lipinski definition) is 10. The number of nitrogens with zero attached hydrogens (tertiary/aromatic N) is 2. The van der Waals surface area contributed by atoms with Gasteiger partial charge in [-0.05, 0) is 76.6 Å². The highest BCUT2D eigenvalue weighted by Gasteiger charge is 2.62. The van der Waals surface area contributed by atoms with E-state index in [0.29, 0.717) is 31.4 Å². The molecule has 0 spiro atoms. The number of rotatable bonds is 10. The van der Waals surface area contributed by atoms with E-state index >= 15 is 0 Å². The summed E-state index contributed by atoms with van der Waals surface area (Å²) in [5.41, 5.74) is -5.84. The summed E-state index contributed by atoms with van der Waals surface area (Å²) >= 11 is 0. The van der Waals surface area contributed by atoms with Crippen LogP contribution in [0.25, 0.3) is 10.8 Å². The van der Waals surface area contributed by atoms with Crippen LogP contribution in [0.1, 0.15) is 60.8 Å². The molecular formula is C30H39F3N4O9S. The third kappa shape index (κ3) is 8.00. The smallest absolute Gasteiger partial charge is 0.418 e. The second kappa shape index (κ2) is 12.6. The Morgan fingerprint density at radius 1 is 1.11 bits per heavy atom. The van der Waals surface area contributed by atoms with Crippen molar-refractivity contribution in [1.82, 2.24) is 19.9 Å². The zero-order valence-corrected chi connectivity index (χ0v) is 27.9. The number of alkyl halides is 3. The van der Waals surface area contributed by atoms with E-state index in [2.05, 4.69) is 14.5 Å². The van der Waals surface area contributed by atoms with Crippen LogP contribution in [0.15, 0.2) is 30.5 Å². The van der Waals surface area contributed by atoms with Crippen LogP contribution in [0.5, 0.6) is 11.6 Å². The highest BCUT2D eigenvalue weighted by atomic mass is 32.2. The first-order valence-electron chi connectivity index (χ1n) is 14.9. The van der Waals surface area contributed by atoms with Crippen LogP contribution in [-0.4, -0.2) is 84.9 Å². The van der Waals surface area contributed by atoms with Crippen molar-refractivity contribution in [2.45, 2.75) is 95.9 Å². The minimum atomic E-state index is -5.25. The molecule has 17 heteroatoms. The third-order valence-corrected chi connectivity index (χ3v) is 9.05. The van der Waals surface area contributed by atoms with E-state index in [0.717, 1.165) is 10.3 Å². The number of halogens is 3. The molecule has 3 amide bonds. The van der Waals surface area contributed by atoms with Crippen molar-refractivity contribution in [3.05, 3.63) is 30.5 Å². The molecule has 1 saturated heterocycles. The summed E-state index contributed by atoms with van der Waals surface area (Å²) in [6, 6.07) is 5.83. The molecule has 13 nitrogen and oxygen atoms in total. The van der Waals surface area contributed by atoms with Gasteiger partial charge in [0.25, 0.3) is 5.91 Å². The predicted octanol–water partition coefficient (Wildman–Crippen LogP) is 4.00. The first kappa shape index (κ1) is 36.0.